The number of hydrogen-bond acceptors (Lipinski definition) is 3. The molecule has 4 N–H and O–H groups in total. The van der Waals surface area contributed by atoms with Crippen LogP contribution in [0.1, 0.15) is 26.7 Å². The van der Waals surface area contributed by atoms with Crippen molar-refractivity contribution in [2.75, 3.05) is 19.0 Å². The van der Waals surface area contributed by atoms with Gasteiger partial charge in [0.2, 0.25) is 5.91 Å². The number of carbonyl (C=O) groups excluding carboxylic acids is 1. The van der Waals surface area contributed by atoms with Gasteiger partial charge in [0.05, 0.1) is 13.7 Å². The fourth-order valence-electron chi connectivity index (χ4n) is 1.59. The molecule has 0 radical (unpaired) electrons. The SMILES string of the molecule is CCC(C)NC(=O)CCN=C(N)Nc1ccc(OC)cc1. The fourth-order valence-corrected chi connectivity index (χ4v) is 1.59. The molecule has 0 saturated carbocycles. The summed E-state index contributed by atoms with van der Waals surface area (Å²) >= 11 is 0. The number of aliphatic imine (C=N–C) groups is 1. The van der Waals surface area contributed by atoms with Gasteiger partial charge in [0.1, 0.15) is 5.75 Å². The average molecular weight is 292 g/mol. The zero-order valence-corrected chi connectivity index (χ0v) is 12.8. The molecule has 21 heavy (non-hydrogen) atoms. The first-order chi connectivity index (χ1) is 10.0. The van der Waals surface area contributed by atoms with E-state index in [0.717, 1.165) is 17.9 Å². The van der Waals surface area contributed by atoms with Crippen molar-refractivity contribution in [1.82, 2.24) is 5.32 Å². The van der Waals surface area contributed by atoms with Gasteiger partial charge < -0.3 is 21.1 Å². The number of nitrogens with zero attached hydrogens (tertiary/aromatic N) is 1. The molecule has 0 aromatic heterocycles. The Bertz CT molecular complexity index is 471. The minimum Gasteiger partial charge on any atom is -0.497 e. The maximum atomic E-state index is 11.6. The quantitative estimate of drug-likeness (QED) is 0.527. The molecule has 1 unspecified atom stereocenters. The van der Waals surface area contributed by atoms with Crippen molar-refractivity contribution in [2.24, 2.45) is 10.7 Å². The molecular formula is C15H24N4O2. The molecule has 116 valence electrons. The Hall–Kier alpha value is -2.24. The molecule has 1 atom stereocenters. The standard InChI is InChI=1S/C15H24N4O2/c1-4-11(2)18-14(20)9-10-17-15(16)19-12-5-7-13(21-3)8-6-12/h5-8,11H,4,9-10H2,1-3H3,(H,18,20)(H3,16,17,19). The molecule has 1 amide bonds. The van der Waals surface area contributed by atoms with E-state index in [1.54, 1.807) is 7.11 Å². The van der Waals surface area contributed by atoms with Gasteiger partial charge in [0.15, 0.2) is 5.96 Å². The van der Waals surface area contributed by atoms with Crippen molar-refractivity contribution in [2.45, 2.75) is 32.7 Å². The van der Waals surface area contributed by atoms with Crippen LogP contribution in [0.5, 0.6) is 5.75 Å². The van der Waals surface area contributed by atoms with Crippen molar-refractivity contribution < 1.29 is 9.53 Å². The average Bonchev–Trinajstić information content (AvgIpc) is 2.47. The van der Waals surface area contributed by atoms with Gasteiger partial charge in [-0.1, -0.05) is 6.92 Å². The van der Waals surface area contributed by atoms with Crippen molar-refractivity contribution in [3.05, 3.63) is 24.3 Å². The van der Waals surface area contributed by atoms with E-state index in [0.29, 0.717) is 13.0 Å². The fraction of sp³-hybridized carbons (Fsp3) is 0.467. The topological polar surface area (TPSA) is 88.7 Å². The summed E-state index contributed by atoms with van der Waals surface area (Å²) in [5, 5.41) is 5.84. The van der Waals surface area contributed by atoms with Crippen molar-refractivity contribution in [3.63, 3.8) is 0 Å². The lowest BCUT2D eigenvalue weighted by atomic mass is 10.2. The van der Waals surface area contributed by atoms with E-state index in [-0.39, 0.29) is 17.9 Å². The van der Waals surface area contributed by atoms with E-state index >= 15 is 0 Å². The number of amides is 1. The molecule has 1 aromatic carbocycles. The van der Waals surface area contributed by atoms with Crippen LogP contribution in [-0.2, 0) is 4.79 Å². The molecule has 0 bridgehead atoms. The highest BCUT2D eigenvalue weighted by Crippen LogP contribution is 2.14. The van der Waals surface area contributed by atoms with E-state index in [1.807, 2.05) is 38.1 Å². The summed E-state index contributed by atoms with van der Waals surface area (Å²) in [6.07, 6.45) is 1.24. The monoisotopic (exact) mass is 292 g/mol. The van der Waals surface area contributed by atoms with E-state index < -0.39 is 0 Å². The van der Waals surface area contributed by atoms with Crippen LogP contribution in [-0.4, -0.2) is 31.6 Å². The highest BCUT2D eigenvalue weighted by Gasteiger charge is 2.04. The molecular weight excluding hydrogens is 268 g/mol. The lowest BCUT2D eigenvalue weighted by Crippen LogP contribution is -2.32. The van der Waals surface area contributed by atoms with Crippen LogP contribution in [0.25, 0.3) is 0 Å². The molecule has 0 fully saturated rings. The van der Waals surface area contributed by atoms with Gasteiger partial charge in [-0.2, -0.15) is 0 Å². The maximum absolute atomic E-state index is 11.6. The van der Waals surface area contributed by atoms with Crippen molar-refractivity contribution in [1.29, 1.82) is 0 Å². The Morgan fingerprint density at radius 1 is 1.38 bits per heavy atom. The molecule has 6 heteroatoms. The lowest BCUT2D eigenvalue weighted by molar-refractivity contribution is -0.121. The summed E-state index contributed by atoms with van der Waals surface area (Å²) in [4.78, 5) is 15.7. The first-order valence-electron chi connectivity index (χ1n) is 7.05. The first kappa shape index (κ1) is 16.8. The van der Waals surface area contributed by atoms with Crippen LogP contribution in [0.4, 0.5) is 5.69 Å². The van der Waals surface area contributed by atoms with Crippen molar-refractivity contribution >= 4 is 17.6 Å². The second kappa shape index (κ2) is 8.84. The van der Waals surface area contributed by atoms with Crippen LogP contribution in [0.15, 0.2) is 29.3 Å². The number of ether oxygens (including phenoxy) is 1. The molecule has 0 heterocycles. The number of nitrogens with one attached hydrogen (secondary N) is 2. The number of benzene rings is 1. The first-order valence-corrected chi connectivity index (χ1v) is 7.05. The van der Waals surface area contributed by atoms with Crippen LogP contribution in [0, 0.1) is 0 Å². The third kappa shape index (κ3) is 6.65. The van der Waals surface area contributed by atoms with Gasteiger partial charge in [-0.3, -0.25) is 9.79 Å². The molecule has 1 rings (SSSR count). The predicted octanol–water partition coefficient (Wildman–Crippen LogP) is 1.73. The largest absolute Gasteiger partial charge is 0.497 e. The Labute approximate surface area is 125 Å². The molecule has 0 aliphatic rings. The summed E-state index contributed by atoms with van der Waals surface area (Å²) < 4.78 is 5.07. The van der Waals surface area contributed by atoms with Gasteiger partial charge in [0.25, 0.3) is 0 Å². The second-order valence-corrected chi connectivity index (χ2v) is 4.75. The second-order valence-electron chi connectivity index (χ2n) is 4.75. The molecule has 0 aliphatic heterocycles. The third-order valence-electron chi connectivity index (χ3n) is 3.00. The third-order valence-corrected chi connectivity index (χ3v) is 3.00. The zero-order chi connectivity index (χ0) is 15.7. The Morgan fingerprint density at radius 2 is 2.05 bits per heavy atom. The number of hydrogen-bond donors (Lipinski definition) is 3. The predicted molar refractivity (Wildman–Crippen MR) is 85.6 cm³/mol. The van der Waals surface area contributed by atoms with Crippen LogP contribution in [0.2, 0.25) is 0 Å². The van der Waals surface area contributed by atoms with Crippen LogP contribution < -0.4 is 21.1 Å². The Balaban J connectivity index is 2.37. The van der Waals surface area contributed by atoms with E-state index in [1.165, 1.54) is 0 Å². The normalized spacial score (nSPS) is 12.6. The number of rotatable bonds is 7. The summed E-state index contributed by atoms with van der Waals surface area (Å²) in [6.45, 7) is 4.36. The van der Waals surface area contributed by atoms with Crippen LogP contribution >= 0.6 is 0 Å². The van der Waals surface area contributed by atoms with E-state index in [2.05, 4.69) is 15.6 Å². The lowest BCUT2D eigenvalue weighted by Gasteiger charge is -2.10. The van der Waals surface area contributed by atoms with E-state index in [9.17, 15) is 4.79 Å². The summed E-state index contributed by atoms with van der Waals surface area (Å²) in [6, 6.07) is 7.54. The number of carbonyl (C=O) groups is 1. The zero-order valence-electron chi connectivity index (χ0n) is 12.8. The van der Waals surface area contributed by atoms with Gasteiger partial charge in [-0.25, -0.2) is 0 Å². The van der Waals surface area contributed by atoms with Gasteiger partial charge in [0, 0.05) is 18.2 Å². The van der Waals surface area contributed by atoms with Gasteiger partial charge in [-0.05, 0) is 37.6 Å². The van der Waals surface area contributed by atoms with E-state index in [4.69, 9.17) is 10.5 Å². The Morgan fingerprint density at radius 3 is 2.62 bits per heavy atom. The highest BCUT2D eigenvalue weighted by atomic mass is 16.5. The molecule has 6 nitrogen and oxygen atoms in total. The number of nitrogens with two attached hydrogens (primary N) is 1. The number of anilines is 1. The van der Waals surface area contributed by atoms with Gasteiger partial charge >= 0.3 is 0 Å². The number of guanidine groups is 1. The molecule has 0 spiro atoms. The summed E-state index contributed by atoms with van der Waals surface area (Å²) in [5.41, 5.74) is 6.59. The molecule has 0 aliphatic carbocycles. The Kier molecular flexibility index (Phi) is 7.08. The maximum Gasteiger partial charge on any atom is 0.222 e. The highest BCUT2D eigenvalue weighted by molar-refractivity contribution is 5.92. The van der Waals surface area contributed by atoms with Crippen LogP contribution in [0.3, 0.4) is 0 Å². The minimum absolute atomic E-state index is 0.00894. The summed E-state index contributed by atoms with van der Waals surface area (Å²) in [7, 11) is 1.61. The number of methoxy groups -OCH3 is 1. The molecule has 1 aromatic rings. The molecule has 0 saturated heterocycles. The minimum atomic E-state index is -0.00894. The smallest absolute Gasteiger partial charge is 0.222 e. The summed E-state index contributed by atoms with van der Waals surface area (Å²) in [5.74, 6) is 1.06. The van der Waals surface area contributed by atoms with Crippen molar-refractivity contribution in [3.8, 4) is 5.75 Å². The van der Waals surface area contributed by atoms with Gasteiger partial charge in [-0.15, -0.1) is 0 Å².